The molecule has 1 atom stereocenters. The highest BCUT2D eigenvalue weighted by Gasteiger charge is 2.40. The van der Waals surface area contributed by atoms with Crippen LogP contribution in [0.3, 0.4) is 0 Å². The minimum Gasteiger partial charge on any atom is -0.293 e. The molecule has 62 heavy (non-hydrogen) atoms. The average Bonchev–Trinajstić information content (AvgIpc) is 3.67. The molecule has 10 rings (SSSR count). The second kappa shape index (κ2) is 15.2. The molecule has 2 heterocycles. The van der Waals surface area contributed by atoms with Crippen molar-refractivity contribution in [3.63, 3.8) is 0 Å². The molecule has 0 bridgehead atoms. The lowest BCUT2D eigenvalue weighted by Gasteiger charge is -2.26. The van der Waals surface area contributed by atoms with Gasteiger partial charge in [-0.2, -0.15) is 0 Å². The van der Waals surface area contributed by atoms with Crippen LogP contribution < -0.4 is 0 Å². The van der Waals surface area contributed by atoms with Crippen molar-refractivity contribution in [3.05, 3.63) is 208 Å². The lowest BCUT2D eigenvalue weighted by atomic mass is 9.78. The average molecular weight is 841 g/mol. The number of thioether (sulfide) groups is 2. The normalized spacial score (nSPS) is 16.4. The van der Waals surface area contributed by atoms with Crippen molar-refractivity contribution in [1.82, 2.24) is 9.97 Å². The van der Waals surface area contributed by atoms with E-state index < -0.39 is 0 Å². The Morgan fingerprint density at radius 3 is 1.82 bits per heavy atom. The van der Waals surface area contributed by atoms with Gasteiger partial charge in [-0.25, -0.2) is 4.98 Å². The number of rotatable bonds is 6. The Labute approximate surface area is 370 Å². The standard InChI is InChI=1S/C54H44N6S2/c1-53(2)41-13-7-5-11-37(41)39-25-23-32(29-43(39)53)45-15-9-17-47(59-45)51(57)61-49(55)34-21-19-31-20-22-35(28-36(31)27-34)50(56)62-52(58)48-18-10-16-46(60-48)33-24-26-40-38-12-6-8-14-42(38)54(3,4)44(40)30-33/h5-23,25-30,33,55-58H,24H2,1-4H3. The molecule has 0 aliphatic heterocycles. The number of hydrogen-bond acceptors (Lipinski definition) is 8. The molecule has 2 aromatic heterocycles. The molecule has 0 spiro atoms. The smallest absolute Gasteiger partial charge is 0.119 e. The van der Waals surface area contributed by atoms with Crippen molar-refractivity contribution in [1.29, 1.82) is 21.6 Å². The summed E-state index contributed by atoms with van der Waals surface area (Å²) < 4.78 is 0. The Morgan fingerprint density at radius 2 is 1.13 bits per heavy atom. The molecule has 0 fully saturated rings. The first-order chi connectivity index (χ1) is 29.9. The highest BCUT2D eigenvalue weighted by molar-refractivity contribution is 8.27. The van der Waals surface area contributed by atoms with Gasteiger partial charge in [0.25, 0.3) is 0 Å². The predicted octanol–water partition coefficient (Wildman–Crippen LogP) is 13.6. The van der Waals surface area contributed by atoms with Crippen molar-refractivity contribution >= 4 is 60.0 Å². The van der Waals surface area contributed by atoms with E-state index in [9.17, 15) is 0 Å². The van der Waals surface area contributed by atoms with E-state index in [2.05, 4.69) is 107 Å². The quantitative estimate of drug-likeness (QED) is 0.0984. The molecule has 6 nitrogen and oxygen atoms in total. The summed E-state index contributed by atoms with van der Waals surface area (Å²) in [5, 5.41) is 38.7. The third-order valence-corrected chi connectivity index (χ3v) is 14.5. The van der Waals surface area contributed by atoms with Crippen LogP contribution in [0.5, 0.6) is 0 Å². The molecule has 0 amide bonds. The molecule has 0 saturated heterocycles. The summed E-state index contributed by atoms with van der Waals surface area (Å²) in [5.41, 5.74) is 15.4. The van der Waals surface area contributed by atoms with Gasteiger partial charge < -0.3 is 0 Å². The Kier molecular flexibility index (Phi) is 9.69. The largest absolute Gasteiger partial charge is 0.293 e. The summed E-state index contributed by atoms with van der Waals surface area (Å²) >= 11 is 2.17. The Bertz CT molecular complexity index is 3150. The number of benzene rings is 5. The highest BCUT2D eigenvalue weighted by Crippen LogP contribution is 2.53. The molecule has 3 aliphatic rings. The van der Waals surface area contributed by atoms with Crippen LogP contribution in [0.15, 0.2) is 157 Å². The molecule has 4 N–H and O–H groups in total. The van der Waals surface area contributed by atoms with Crippen molar-refractivity contribution in [2.24, 2.45) is 0 Å². The van der Waals surface area contributed by atoms with E-state index in [-0.39, 0.29) is 36.9 Å². The van der Waals surface area contributed by atoms with Crippen molar-refractivity contribution in [2.75, 3.05) is 0 Å². The molecule has 8 heteroatoms. The van der Waals surface area contributed by atoms with Gasteiger partial charge in [-0.15, -0.1) is 0 Å². The van der Waals surface area contributed by atoms with Gasteiger partial charge in [0.15, 0.2) is 0 Å². The molecule has 7 aromatic rings. The molecule has 1 unspecified atom stereocenters. The Balaban J connectivity index is 0.817. The minimum absolute atomic E-state index is 0.0838. The molecule has 3 aliphatic carbocycles. The lowest BCUT2D eigenvalue weighted by molar-refractivity contribution is 0.646. The number of nitrogens with zero attached hydrogens (tertiary/aromatic N) is 2. The zero-order valence-corrected chi connectivity index (χ0v) is 36.6. The number of nitrogens with one attached hydrogen (secondary N) is 4. The minimum atomic E-state index is -0.123. The molecule has 0 radical (unpaired) electrons. The van der Waals surface area contributed by atoms with E-state index in [0.717, 1.165) is 57.7 Å². The summed E-state index contributed by atoms with van der Waals surface area (Å²) in [6.45, 7) is 9.11. The first-order valence-electron chi connectivity index (χ1n) is 20.8. The maximum atomic E-state index is 9.01. The third kappa shape index (κ3) is 6.78. The van der Waals surface area contributed by atoms with Crippen LogP contribution >= 0.6 is 23.5 Å². The Morgan fingerprint density at radius 1 is 0.532 bits per heavy atom. The third-order valence-electron chi connectivity index (χ3n) is 12.8. The van der Waals surface area contributed by atoms with Crippen LogP contribution in [0.2, 0.25) is 0 Å². The van der Waals surface area contributed by atoms with Gasteiger partial charge >= 0.3 is 0 Å². The first-order valence-corrected chi connectivity index (χ1v) is 22.5. The van der Waals surface area contributed by atoms with E-state index in [1.807, 2.05) is 72.8 Å². The van der Waals surface area contributed by atoms with E-state index >= 15 is 0 Å². The van der Waals surface area contributed by atoms with Crippen LogP contribution in [-0.2, 0) is 10.8 Å². The van der Waals surface area contributed by atoms with Crippen LogP contribution in [0.4, 0.5) is 0 Å². The molecular formula is C54H44N6S2. The van der Waals surface area contributed by atoms with E-state index in [1.165, 1.54) is 44.5 Å². The number of aromatic nitrogens is 2. The summed E-state index contributed by atoms with van der Waals surface area (Å²) in [7, 11) is 0. The SMILES string of the molecule is CC1(C)C2=CC(c3cccc(C(=N)SC(=N)c4ccc5ccc(C(=N)SC(=N)c6cccc(-c7ccc8c(c7)C(C)(C)c7ccccc7-8)n6)cc5c4)n3)CC=C2c2ccccc21. The van der Waals surface area contributed by atoms with Crippen molar-refractivity contribution in [2.45, 2.75) is 50.9 Å². The fraction of sp³-hybridized carbons (Fsp3) is 0.148. The molecular weight excluding hydrogens is 797 g/mol. The topological polar surface area (TPSA) is 121 Å². The van der Waals surface area contributed by atoms with Gasteiger partial charge in [0, 0.05) is 39.1 Å². The number of allylic oxidation sites excluding steroid dienone is 4. The second-order valence-electron chi connectivity index (χ2n) is 17.3. The van der Waals surface area contributed by atoms with Gasteiger partial charge in [-0.1, -0.05) is 137 Å². The van der Waals surface area contributed by atoms with Gasteiger partial charge in [-0.3, -0.25) is 26.6 Å². The first kappa shape index (κ1) is 39.6. The Hall–Kier alpha value is -6.48. The number of hydrogen-bond donors (Lipinski definition) is 4. The summed E-state index contributed by atoms with van der Waals surface area (Å²) in [5.74, 6) is 0.110. The van der Waals surface area contributed by atoms with Crippen LogP contribution in [-0.4, -0.2) is 30.1 Å². The summed E-state index contributed by atoms with van der Waals surface area (Å²) in [6.07, 6.45) is 5.56. The zero-order chi connectivity index (χ0) is 42.9. The highest BCUT2D eigenvalue weighted by atomic mass is 32.2. The summed E-state index contributed by atoms with van der Waals surface area (Å²) in [4.78, 5) is 9.86. The molecule has 302 valence electrons. The zero-order valence-electron chi connectivity index (χ0n) is 34.9. The van der Waals surface area contributed by atoms with Crippen LogP contribution in [0.1, 0.15) is 90.5 Å². The van der Waals surface area contributed by atoms with Gasteiger partial charge in [-0.05, 0) is 128 Å². The summed E-state index contributed by atoms with van der Waals surface area (Å²) in [6, 6.07) is 47.0. The van der Waals surface area contributed by atoms with Gasteiger partial charge in [0.2, 0.25) is 0 Å². The van der Waals surface area contributed by atoms with E-state index in [4.69, 9.17) is 31.6 Å². The van der Waals surface area contributed by atoms with Crippen LogP contribution in [0, 0.1) is 21.6 Å². The molecule has 0 saturated carbocycles. The van der Waals surface area contributed by atoms with E-state index in [0.29, 0.717) is 22.5 Å². The number of fused-ring (bicyclic) bond motifs is 7. The lowest BCUT2D eigenvalue weighted by Crippen LogP contribution is -2.17. The van der Waals surface area contributed by atoms with E-state index in [1.54, 1.807) is 0 Å². The monoisotopic (exact) mass is 840 g/mol. The van der Waals surface area contributed by atoms with Crippen LogP contribution in [0.25, 0.3) is 38.7 Å². The maximum Gasteiger partial charge on any atom is 0.119 e. The second-order valence-corrected chi connectivity index (χ2v) is 19.3. The molecule has 5 aromatic carbocycles. The van der Waals surface area contributed by atoms with Crippen molar-refractivity contribution in [3.8, 4) is 22.4 Å². The number of pyridine rings is 2. The predicted molar refractivity (Wildman–Crippen MR) is 261 cm³/mol. The van der Waals surface area contributed by atoms with Crippen molar-refractivity contribution < 1.29 is 0 Å². The van der Waals surface area contributed by atoms with Gasteiger partial charge in [0.05, 0.1) is 17.1 Å². The fourth-order valence-corrected chi connectivity index (χ4v) is 10.8. The maximum absolute atomic E-state index is 9.01. The fourth-order valence-electron chi connectivity index (χ4n) is 9.45. The van der Waals surface area contributed by atoms with Gasteiger partial charge in [0.1, 0.15) is 20.2 Å².